The van der Waals surface area contributed by atoms with Gasteiger partial charge in [0.15, 0.2) is 0 Å². The van der Waals surface area contributed by atoms with Crippen LogP contribution in [0.2, 0.25) is 0 Å². The fraction of sp³-hybridized carbons (Fsp3) is 0.500. The third kappa shape index (κ3) is 5.66. The number of ether oxygens (including phenoxy) is 1. The number of nitrogens with zero attached hydrogens (tertiary/aromatic N) is 5. The minimum absolute atomic E-state index is 0.0601. The van der Waals surface area contributed by atoms with E-state index in [9.17, 15) is 9.59 Å². The number of aromatic amines is 1. The summed E-state index contributed by atoms with van der Waals surface area (Å²) in [6.45, 7) is 13.4. The van der Waals surface area contributed by atoms with Crippen molar-refractivity contribution in [1.82, 2.24) is 29.7 Å². The second kappa shape index (κ2) is 10.6. The standard InChI is InChI=1S/C30H38N6O4/c1-7-14-30(5,6)21-10-8-20(9-11-21)26-33-34-27(39-26)22-18-31-36-23(17-24(37)32-25(22)36)19-12-15-35(16-13-19)28(38)40-29(2,3)4/h8-11,17-19H,7,12-16H2,1-6H3,(H,32,37). The Labute approximate surface area is 233 Å². The Hall–Kier alpha value is -3.95. The van der Waals surface area contributed by atoms with Crippen LogP contribution in [0.5, 0.6) is 0 Å². The summed E-state index contributed by atoms with van der Waals surface area (Å²) < 4.78 is 13.3. The summed E-state index contributed by atoms with van der Waals surface area (Å²) in [5.74, 6) is 0.750. The maximum Gasteiger partial charge on any atom is 0.410 e. The highest BCUT2D eigenvalue weighted by Crippen LogP contribution is 2.33. The number of fused-ring (bicyclic) bond motifs is 1. The van der Waals surface area contributed by atoms with Gasteiger partial charge in [0.1, 0.15) is 16.8 Å². The van der Waals surface area contributed by atoms with Crippen LogP contribution < -0.4 is 5.56 Å². The lowest BCUT2D eigenvalue weighted by molar-refractivity contribution is 0.0203. The molecular weight excluding hydrogens is 508 g/mol. The predicted octanol–water partition coefficient (Wildman–Crippen LogP) is 5.93. The van der Waals surface area contributed by atoms with Gasteiger partial charge in [-0.1, -0.05) is 39.3 Å². The first-order valence-corrected chi connectivity index (χ1v) is 14.0. The minimum Gasteiger partial charge on any atom is -0.444 e. The Bertz CT molecular complexity index is 1550. The predicted molar refractivity (Wildman–Crippen MR) is 152 cm³/mol. The Morgan fingerprint density at radius 2 is 1.75 bits per heavy atom. The summed E-state index contributed by atoms with van der Waals surface area (Å²) in [5, 5.41) is 13.1. The zero-order valence-corrected chi connectivity index (χ0v) is 24.2. The number of piperidine rings is 1. The summed E-state index contributed by atoms with van der Waals surface area (Å²) in [4.78, 5) is 29.8. The van der Waals surface area contributed by atoms with Gasteiger partial charge in [-0.05, 0) is 63.1 Å². The molecule has 4 heterocycles. The van der Waals surface area contributed by atoms with Gasteiger partial charge in [0.25, 0.3) is 11.4 Å². The van der Waals surface area contributed by atoms with Crippen molar-refractivity contribution in [3.63, 3.8) is 0 Å². The van der Waals surface area contributed by atoms with Gasteiger partial charge in [-0.3, -0.25) is 4.79 Å². The molecule has 10 nitrogen and oxygen atoms in total. The maximum absolute atomic E-state index is 12.7. The van der Waals surface area contributed by atoms with Gasteiger partial charge in [0, 0.05) is 30.6 Å². The number of H-pyrrole nitrogens is 1. The molecule has 0 radical (unpaired) electrons. The topological polar surface area (TPSA) is 119 Å². The van der Waals surface area contributed by atoms with Crippen molar-refractivity contribution < 1.29 is 13.9 Å². The van der Waals surface area contributed by atoms with E-state index in [1.807, 2.05) is 32.9 Å². The summed E-state index contributed by atoms with van der Waals surface area (Å²) >= 11 is 0. The smallest absolute Gasteiger partial charge is 0.410 e. The quantitative estimate of drug-likeness (QED) is 0.318. The fourth-order valence-electron chi connectivity index (χ4n) is 5.43. The number of hydrogen-bond acceptors (Lipinski definition) is 7. The van der Waals surface area contributed by atoms with Crippen LogP contribution in [0.25, 0.3) is 28.6 Å². The third-order valence-corrected chi connectivity index (χ3v) is 7.54. The van der Waals surface area contributed by atoms with Crippen LogP contribution >= 0.6 is 0 Å². The van der Waals surface area contributed by atoms with E-state index in [1.165, 1.54) is 5.56 Å². The lowest BCUT2D eigenvalue weighted by Crippen LogP contribution is -2.41. The molecule has 1 N–H and O–H groups in total. The zero-order valence-electron chi connectivity index (χ0n) is 24.2. The number of carbonyl (C=O) groups is 1. The first kappa shape index (κ1) is 27.6. The minimum atomic E-state index is -0.540. The molecule has 1 fully saturated rings. The van der Waals surface area contributed by atoms with Gasteiger partial charge >= 0.3 is 6.09 Å². The number of carbonyl (C=O) groups excluding carboxylic acids is 1. The first-order valence-electron chi connectivity index (χ1n) is 14.0. The van der Waals surface area contributed by atoms with Crippen molar-refractivity contribution in [2.75, 3.05) is 13.1 Å². The number of nitrogens with one attached hydrogen (secondary N) is 1. The van der Waals surface area contributed by atoms with Crippen LogP contribution in [0, 0.1) is 0 Å². The molecule has 0 unspecified atom stereocenters. The molecule has 1 amide bonds. The Kier molecular flexibility index (Phi) is 7.29. The maximum atomic E-state index is 12.7. The van der Waals surface area contributed by atoms with Gasteiger partial charge in [-0.25, -0.2) is 9.31 Å². The average Bonchev–Trinajstić information content (AvgIpc) is 3.55. The number of benzene rings is 1. The van der Waals surface area contributed by atoms with Crippen molar-refractivity contribution in [3.8, 4) is 22.9 Å². The highest BCUT2D eigenvalue weighted by molar-refractivity contribution is 5.72. The fourth-order valence-corrected chi connectivity index (χ4v) is 5.43. The molecule has 0 saturated carbocycles. The van der Waals surface area contributed by atoms with Gasteiger partial charge in [0.05, 0.1) is 11.9 Å². The second-order valence-electron chi connectivity index (χ2n) is 12.2. The van der Waals surface area contributed by atoms with Crippen LogP contribution in [-0.2, 0) is 10.2 Å². The zero-order chi connectivity index (χ0) is 28.7. The molecule has 0 atom stereocenters. The van der Waals surface area contributed by atoms with Crippen LogP contribution in [-0.4, -0.2) is 54.5 Å². The Morgan fingerprint density at radius 3 is 2.40 bits per heavy atom. The third-order valence-electron chi connectivity index (χ3n) is 7.54. The van der Waals surface area contributed by atoms with E-state index in [4.69, 9.17) is 9.15 Å². The highest BCUT2D eigenvalue weighted by atomic mass is 16.6. The van der Waals surface area contributed by atoms with Crippen LogP contribution in [0.4, 0.5) is 4.79 Å². The molecule has 0 aliphatic carbocycles. The molecule has 10 heteroatoms. The van der Waals surface area contributed by atoms with E-state index in [-0.39, 0.29) is 28.9 Å². The molecule has 40 heavy (non-hydrogen) atoms. The van der Waals surface area contributed by atoms with E-state index in [0.29, 0.717) is 43.0 Å². The lowest BCUT2D eigenvalue weighted by atomic mass is 9.80. The SMILES string of the molecule is CCCC(C)(C)c1ccc(-c2nnc(-c3cnn4c(C5CCN(C(=O)OC(C)(C)C)CC5)cc(=O)[nH]c34)o2)cc1. The molecule has 4 aromatic rings. The van der Waals surface area contributed by atoms with Crippen molar-refractivity contribution in [2.24, 2.45) is 0 Å². The molecular formula is C30H38N6O4. The molecule has 1 aromatic carbocycles. The highest BCUT2D eigenvalue weighted by Gasteiger charge is 2.29. The van der Waals surface area contributed by atoms with Crippen molar-refractivity contribution >= 4 is 11.7 Å². The van der Waals surface area contributed by atoms with Gasteiger partial charge in [0.2, 0.25) is 5.89 Å². The van der Waals surface area contributed by atoms with Crippen LogP contribution in [0.1, 0.15) is 84.4 Å². The normalized spacial score (nSPS) is 15.1. The molecule has 1 aliphatic heterocycles. The number of rotatable bonds is 6. The van der Waals surface area contributed by atoms with Crippen molar-refractivity contribution in [2.45, 2.75) is 84.2 Å². The van der Waals surface area contributed by atoms with Gasteiger partial charge < -0.3 is 19.0 Å². The first-order chi connectivity index (χ1) is 18.9. The lowest BCUT2D eigenvalue weighted by Gasteiger charge is -2.33. The van der Waals surface area contributed by atoms with Gasteiger partial charge in [-0.15, -0.1) is 10.2 Å². The number of hydrogen-bond donors (Lipinski definition) is 1. The summed E-state index contributed by atoms with van der Waals surface area (Å²) in [7, 11) is 0. The number of likely N-dealkylation sites (tertiary alicyclic amines) is 1. The van der Waals surface area contributed by atoms with Crippen molar-refractivity contribution in [1.29, 1.82) is 0 Å². The number of aromatic nitrogens is 5. The van der Waals surface area contributed by atoms with E-state index >= 15 is 0 Å². The van der Waals surface area contributed by atoms with E-state index < -0.39 is 5.60 Å². The van der Waals surface area contributed by atoms with E-state index in [2.05, 4.69) is 53.2 Å². The van der Waals surface area contributed by atoms with Crippen LogP contribution in [0.3, 0.4) is 0 Å². The van der Waals surface area contributed by atoms with E-state index in [0.717, 1.165) is 24.1 Å². The second-order valence-corrected chi connectivity index (χ2v) is 12.2. The van der Waals surface area contributed by atoms with Crippen LogP contribution in [0.15, 0.2) is 45.7 Å². The molecule has 3 aromatic heterocycles. The largest absolute Gasteiger partial charge is 0.444 e. The molecule has 1 saturated heterocycles. The van der Waals surface area contributed by atoms with Gasteiger partial charge in [-0.2, -0.15) is 5.10 Å². The van der Waals surface area contributed by atoms with E-state index in [1.54, 1.807) is 21.7 Å². The molecule has 0 spiro atoms. The molecule has 212 valence electrons. The summed E-state index contributed by atoms with van der Waals surface area (Å²) in [5.41, 5.74) is 3.28. The van der Waals surface area contributed by atoms with Crippen molar-refractivity contribution in [3.05, 3.63) is 58.1 Å². The monoisotopic (exact) mass is 546 g/mol. The molecule has 5 rings (SSSR count). The summed E-state index contributed by atoms with van der Waals surface area (Å²) in [6.07, 6.45) is 4.95. The molecule has 0 bridgehead atoms. The summed E-state index contributed by atoms with van der Waals surface area (Å²) in [6, 6.07) is 9.82. The Morgan fingerprint density at radius 1 is 1.07 bits per heavy atom. The Balaban J connectivity index is 1.37. The average molecular weight is 547 g/mol. The number of amides is 1. The molecule has 1 aliphatic rings.